The van der Waals surface area contributed by atoms with E-state index in [9.17, 15) is 4.79 Å². The highest BCUT2D eigenvalue weighted by molar-refractivity contribution is 5.95. The van der Waals surface area contributed by atoms with Crippen molar-refractivity contribution in [1.82, 2.24) is 20.0 Å². The normalized spacial score (nSPS) is 18.7. The fourth-order valence-corrected chi connectivity index (χ4v) is 3.61. The second kappa shape index (κ2) is 7.90. The fraction of sp³-hybridized carbons (Fsp3) is 0.333. The lowest BCUT2D eigenvalue weighted by atomic mass is 9.98. The summed E-state index contributed by atoms with van der Waals surface area (Å²) in [5.41, 5.74) is 1.40. The standard InChI is InChI=1S/C21H22N4O4/c1-13-11-25(21(26)15-4-5-17(27-2)18(10-15)28-3)12-16(13)20-23-19(24-29-20)14-6-8-22-9-7-14/h4-10,13,16H,11-12H2,1-3H3. The molecule has 3 aromatic rings. The van der Waals surface area contributed by atoms with E-state index in [1.807, 2.05) is 17.0 Å². The van der Waals surface area contributed by atoms with Gasteiger partial charge >= 0.3 is 0 Å². The van der Waals surface area contributed by atoms with E-state index in [4.69, 9.17) is 14.0 Å². The number of rotatable bonds is 5. The number of aromatic nitrogens is 3. The zero-order chi connectivity index (χ0) is 20.4. The zero-order valence-corrected chi connectivity index (χ0v) is 16.5. The topological polar surface area (TPSA) is 90.6 Å². The molecule has 1 saturated heterocycles. The molecule has 1 aliphatic rings. The maximum Gasteiger partial charge on any atom is 0.254 e. The summed E-state index contributed by atoms with van der Waals surface area (Å²) in [6.07, 6.45) is 3.38. The van der Waals surface area contributed by atoms with Crippen LogP contribution in [0, 0.1) is 5.92 Å². The SMILES string of the molecule is COc1ccc(C(=O)N2CC(C)C(c3nc(-c4ccncc4)no3)C2)cc1OC. The number of carbonyl (C=O) groups is 1. The zero-order valence-electron chi connectivity index (χ0n) is 16.5. The third-order valence-corrected chi connectivity index (χ3v) is 5.23. The van der Waals surface area contributed by atoms with Crippen LogP contribution in [0.5, 0.6) is 11.5 Å². The number of benzene rings is 1. The van der Waals surface area contributed by atoms with Gasteiger partial charge in [0.15, 0.2) is 11.5 Å². The molecule has 2 unspecified atom stereocenters. The predicted octanol–water partition coefficient (Wildman–Crippen LogP) is 3.02. The van der Waals surface area contributed by atoms with Crippen LogP contribution in [0.15, 0.2) is 47.2 Å². The van der Waals surface area contributed by atoms with Gasteiger partial charge in [-0.3, -0.25) is 9.78 Å². The highest BCUT2D eigenvalue weighted by Crippen LogP contribution is 2.34. The van der Waals surface area contributed by atoms with Gasteiger partial charge in [-0.15, -0.1) is 0 Å². The molecule has 2 atom stereocenters. The van der Waals surface area contributed by atoms with Crippen molar-refractivity contribution in [1.29, 1.82) is 0 Å². The van der Waals surface area contributed by atoms with Crippen LogP contribution in [0.1, 0.15) is 29.1 Å². The molecule has 0 radical (unpaired) electrons. The Morgan fingerprint density at radius 3 is 2.59 bits per heavy atom. The first-order valence-electron chi connectivity index (χ1n) is 9.36. The highest BCUT2D eigenvalue weighted by atomic mass is 16.5. The van der Waals surface area contributed by atoms with Gasteiger partial charge in [0.1, 0.15) is 0 Å². The summed E-state index contributed by atoms with van der Waals surface area (Å²) in [4.78, 5) is 23.4. The maximum atomic E-state index is 13.0. The average molecular weight is 394 g/mol. The Morgan fingerprint density at radius 2 is 1.86 bits per heavy atom. The molecule has 8 heteroatoms. The third kappa shape index (κ3) is 3.65. The van der Waals surface area contributed by atoms with Crippen LogP contribution >= 0.6 is 0 Å². The molecule has 150 valence electrons. The number of hydrogen-bond donors (Lipinski definition) is 0. The molecule has 1 aliphatic heterocycles. The van der Waals surface area contributed by atoms with E-state index in [0.29, 0.717) is 41.9 Å². The number of pyridine rings is 1. The minimum atomic E-state index is -0.0609. The number of methoxy groups -OCH3 is 2. The van der Waals surface area contributed by atoms with Crippen LogP contribution < -0.4 is 9.47 Å². The lowest BCUT2D eigenvalue weighted by Gasteiger charge is -2.17. The van der Waals surface area contributed by atoms with Crippen molar-refractivity contribution in [3.63, 3.8) is 0 Å². The van der Waals surface area contributed by atoms with Crippen molar-refractivity contribution in [3.05, 3.63) is 54.2 Å². The monoisotopic (exact) mass is 394 g/mol. The molecule has 1 amide bonds. The number of hydrogen-bond acceptors (Lipinski definition) is 7. The number of ether oxygens (including phenoxy) is 2. The molecule has 2 aromatic heterocycles. The van der Waals surface area contributed by atoms with Gasteiger partial charge in [0, 0.05) is 36.6 Å². The molecule has 0 bridgehead atoms. The molecular weight excluding hydrogens is 372 g/mol. The maximum absolute atomic E-state index is 13.0. The van der Waals surface area contributed by atoms with Crippen LogP contribution in [0.3, 0.4) is 0 Å². The summed E-state index contributed by atoms with van der Waals surface area (Å²) in [5, 5.41) is 4.09. The highest BCUT2D eigenvalue weighted by Gasteiger charge is 2.37. The van der Waals surface area contributed by atoms with Gasteiger partial charge in [-0.25, -0.2) is 0 Å². The Labute approximate surface area is 168 Å². The quantitative estimate of drug-likeness (QED) is 0.657. The fourth-order valence-electron chi connectivity index (χ4n) is 3.61. The van der Waals surface area contributed by atoms with Gasteiger partial charge in [0.05, 0.1) is 20.1 Å². The van der Waals surface area contributed by atoms with E-state index in [1.54, 1.807) is 44.8 Å². The molecule has 29 heavy (non-hydrogen) atoms. The summed E-state index contributed by atoms with van der Waals surface area (Å²) in [7, 11) is 3.12. The summed E-state index contributed by atoms with van der Waals surface area (Å²) in [5.74, 6) is 2.32. The second-order valence-corrected chi connectivity index (χ2v) is 7.06. The number of carbonyl (C=O) groups excluding carboxylic acids is 1. The summed E-state index contributed by atoms with van der Waals surface area (Å²) < 4.78 is 16.1. The van der Waals surface area contributed by atoms with Crippen LogP contribution in [-0.2, 0) is 0 Å². The van der Waals surface area contributed by atoms with Gasteiger partial charge < -0.3 is 18.9 Å². The number of nitrogens with zero attached hydrogens (tertiary/aromatic N) is 4. The molecule has 3 heterocycles. The average Bonchev–Trinajstić information content (AvgIpc) is 3.40. The molecule has 0 N–H and O–H groups in total. The smallest absolute Gasteiger partial charge is 0.254 e. The largest absolute Gasteiger partial charge is 0.493 e. The van der Waals surface area contributed by atoms with E-state index < -0.39 is 0 Å². The molecule has 0 aliphatic carbocycles. The van der Waals surface area contributed by atoms with Crippen molar-refractivity contribution in [2.75, 3.05) is 27.3 Å². The molecule has 8 nitrogen and oxygen atoms in total. The van der Waals surface area contributed by atoms with Crippen molar-refractivity contribution >= 4 is 5.91 Å². The molecule has 1 aromatic carbocycles. The van der Waals surface area contributed by atoms with E-state index in [0.717, 1.165) is 5.56 Å². The van der Waals surface area contributed by atoms with Crippen LogP contribution in [-0.4, -0.2) is 53.2 Å². The minimum absolute atomic E-state index is 0.0119. The minimum Gasteiger partial charge on any atom is -0.493 e. The van der Waals surface area contributed by atoms with Gasteiger partial charge in [0.2, 0.25) is 11.7 Å². The Hall–Kier alpha value is -3.42. The predicted molar refractivity (Wildman–Crippen MR) is 105 cm³/mol. The summed E-state index contributed by atoms with van der Waals surface area (Å²) in [6, 6.07) is 8.85. The van der Waals surface area contributed by atoms with E-state index in [1.165, 1.54) is 0 Å². The van der Waals surface area contributed by atoms with Gasteiger partial charge in [-0.05, 0) is 36.2 Å². The van der Waals surface area contributed by atoms with Crippen molar-refractivity contribution in [3.8, 4) is 22.9 Å². The lowest BCUT2D eigenvalue weighted by Crippen LogP contribution is -2.28. The Kier molecular flexibility index (Phi) is 5.16. The first-order chi connectivity index (χ1) is 14.1. The van der Waals surface area contributed by atoms with E-state index in [2.05, 4.69) is 22.0 Å². The number of likely N-dealkylation sites (tertiary alicyclic amines) is 1. The molecular formula is C21H22N4O4. The van der Waals surface area contributed by atoms with Crippen molar-refractivity contribution in [2.45, 2.75) is 12.8 Å². The van der Waals surface area contributed by atoms with Crippen LogP contribution in [0.25, 0.3) is 11.4 Å². The third-order valence-electron chi connectivity index (χ3n) is 5.23. The second-order valence-electron chi connectivity index (χ2n) is 7.06. The molecule has 4 rings (SSSR count). The molecule has 0 saturated carbocycles. The van der Waals surface area contributed by atoms with Crippen molar-refractivity contribution in [2.24, 2.45) is 5.92 Å². The van der Waals surface area contributed by atoms with Crippen LogP contribution in [0.4, 0.5) is 0 Å². The first-order valence-corrected chi connectivity index (χ1v) is 9.36. The van der Waals surface area contributed by atoms with Crippen LogP contribution in [0.2, 0.25) is 0 Å². The van der Waals surface area contributed by atoms with Crippen molar-refractivity contribution < 1.29 is 18.8 Å². The van der Waals surface area contributed by atoms with Gasteiger partial charge in [-0.1, -0.05) is 12.1 Å². The first kappa shape index (κ1) is 18.9. The van der Waals surface area contributed by atoms with Gasteiger partial charge in [0.25, 0.3) is 5.91 Å². The lowest BCUT2D eigenvalue weighted by molar-refractivity contribution is 0.0785. The Balaban J connectivity index is 1.52. The number of amides is 1. The molecule has 1 fully saturated rings. The van der Waals surface area contributed by atoms with E-state index >= 15 is 0 Å². The summed E-state index contributed by atoms with van der Waals surface area (Å²) >= 11 is 0. The van der Waals surface area contributed by atoms with E-state index in [-0.39, 0.29) is 17.7 Å². The summed E-state index contributed by atoms with van der Waals surface area (Å²) in [6.45, 7) is 3.22. The Morgan fingerprint density at radius 1 is 1.10 bits per heavy atom. The van der Waals surface area contributed by atoms with Gasteiger partial charge in [-0.2, -0.15) is 4.98 Å². The Bertz CT molecular complexity index is 1000. The molecule has 0 spiro atoms.